The molecule has 0 saturated carbocycles. The van der Waals surface area contributed by atoms with Crippen LogP contribution >= 0.6 is 0 Å². The van der Waals surface area contributed by atoms with E-state index in [-0.39, 0.29) is 0 Å². The lowest BCUT2D eigenvalue weighted by molar-refractivity contribution is -0.389. The summed E-state index contributed by atoms with van der Waals surface area (Å²) in [5, 5.41) is 204. The van der Waals surface area contributed by atoms with Crippen molar-refractivity contribution in [2.75, 3.05) is 46.2 Å². The Morgan fingerprint density at radius 3 is 1.49 bits per heavy atom. The van der Waals surface area contributed by atoms with Crippen molar-refractivity contribution < 1.29 is 197 Å². The summed E-state index contributed by atoms with van der Waals surface area (Å²) in [6, 6.07) is -5.70. The van der Waals surface area contributed by atoms with Gasteiger partial charge < -0.3 is 165 Å². The average Bonchev–Trinajstić information content (AvgIpc) is 0.775. The molecule has 6 aliphatic rings. The number of carbonyl (C=O) groups excluding carboxylic acids is 3. The van der Waals surface area contributed by atoms with E-state index in [9.17, 15) is 132 Å². The van der Waals surface area contributed by atoms with E-state index >= 15 is 0 Å². The Kier molecular flexibility index (Phi) is 29.2. The number of rotatable bonds is 29. The second kappa shape index (κ2) is 34.3. The topological polar surface area (TPSA) is 689 Å². The lowest BCUT2D eigenvalue weighted by Crippen LogP contribution is -2.71. The van der Waals surface area contributed by atoms with Crippen LogP contribution in [0.25, 0.3) is 0 Å². The fraction of sp³-hybridized carbons (Fsp3) is 0.938. The molecule has 0 bridgehead atoms. The zero-order valence-electron chi connectivity index (χ0n) is 49.9. The van der Waals surface area contributed by atoms with Crippen LogP contribution in [0.15, 0.2) is 0 Å². The molecule has 34 unspecified atom stereocenters. The van der Waals surface area contributed by atoms with Crippen molar-refractivity contribution in [3.05, 3.63) is 0 Å². The number of amides is 3. The summed E-state index contributed by atoms with van der Waals surface area (Å²) in [4.78, 5) is 37.9. The fourth-order valence-corrected chi connectivity index (χ4v) is 11.8. The lowest BCUT2D eigenvalue weighted by Gasteiger charge is -2.51. The smallest absolute Gasteiger partial charge is 0.394 e. The molecule has 94 heavy (non-hydrogen) atoms. The summed E-state index contributed by atoms with van der Waals surface area (Å²) in [6.07, 6.45) is -65.4. The summed E-state index contributed by atoms with van der Waals surface area (Å²) in [7, 11) is -10.9. The number of aliphatic hydroxyl groups is 18. The molecule has 34 atom stereocenters. The number of hydrogen-bond acceptors (Lipinski definition) is 39. The molecule has 0 aromatic carbocycles. The highest BCUT2D eigenvalue weighted by Gasteiger charge is 2.59. The van der Waals surface area contributed by atoms with Crippen molar-refractivity contribution in [2.45, 2.75) is 236 Å². The van der Waals surface area contributed by atoms with Crippen molar-refractivity contribution in [1.82, 2.24) is 16.0 Å². The third kappa shape index (κ3) is 19.7. The minimum atomic E-state index is -5.46. The van der Waals surface area contributed by atoms with Crippen LogP contribution in [0, 0.1) is 0 Å². The van der Waals surface area contributed by atoms with Gasteiger partial charge in [-0.2, -0.15) is 16.8 Å². The molecule has 23 N–H and O–H groups in total. The van der Waals surface area contributed by atoms with Gasteiger partial charge in [0, 0.05) is 20.8 Å². The number of carbonyl (C=O) groups is 3. The predicted octanol–water partition coefficient (Wildman–Crippen LogP) is -15.5. The maximum atomic E-state index is 13.0. The predicted molar refractivity (Wildman–Crippen MR) is 288 cm³/mol. The zero-order chi connectivity index (χ0) is 70.3. The SMILES string of the molecule is CC(=O)NC(CO)C(OC1OC(CO)C(O)C(OS(=O)(=O)O)C1O)C(O)C(O)COC1OC(CO)C(OC2OC(COS(=O)(=O)O)C(O)C(OC3OC(CO)C(O)C(OC4OC(CO)C(O)C(O)C4OC4OC(C)C(O)C(O)C4O)C3NC(C)=O)C2O)C(O)C1NC(C)=O. The van der Waals surface area contributed by atoms with Crippen molar-refractivity contribution in [3.63, 3.8) is 0 Å². The van der Waals surface area contributed by atoms with Crippen LogP contribution in [0.5, 0.6) is 0 Å². The average molecular weight is 1420 g/mol. The summed E-state index contributed by atoms with van der Waals surface area (Å²) in [5.74, 6) is -2.87. The van der Waals surface area contributed by atoms with E-state index in [1.54, 1.807) is 0 Å². The van der Waals surface area contributed by atoms with Gasteiger partial charge in [0.2, 0.25) is 17.7 Å². The fourth-order valence-electron chi connectivity index (χ4n) is 11.0. The van der Waals surface area contributed by atoms with Crippen molar-refractivity contribution in [2.24, 2.45) is 0 Å². The second-order valence-electron chi connectivity index (χ2n) is 22.6. The molecule has 0 aliphatic carbocycles. The highest BCUT2D eigenvalue weighted by molar-refractivity contribution is 7.81. The molecule has 0 aromatic rings. The molecular formula is C48H83N3O41S2. The summed E-state index contributed by atoms with van der Waals surface area (Å²) in [5.41, 5.74) is 0. The Balaban J connectivity index is 1.27. The van der Waals surface area contributed by atoms with Gasteiger partial charge in [-0.05, 0) is 6.92 Å². The first-order chi connectivity index (χ1) is 43.9. The van der Waals surface area contributed by atoms with Gasteiger partial charge in [0.05, 0.1) is 58.4 Å². The second-order valence-corrected chi connectivity index (χ2v) is 24.7. The summed E-state index contributed by atoms with van der Waals surface area (Å²) >= 11 is 0. The van der Waals surface area contributed by atoms with Crippen LogP contribution in [0.2, 0.25) is 0 Å². The summed E-state index contributed by atoms with van der Waals surface area (Å²) < 4.78 is 144. The molecule has 6 fully saturated rings. The lowest BCUT2D eigenvalue weighted by atomic mass is 9.94. The van der Waals surface area contributed by atoms with E-state index < -0.39 is 293 Å². The molecule has 0 spiro atoms. The van der Waals surface area contributed by atoms with E-state index in [1.165, 1.54) is 6.92 Å². The summed E-state index contributed by atoms with van der Waals surface area (Å²) in [6.45, 7) is -4.25. The minimum absolute atomic E-state index is 0.905. The molecule has 0 radical (unpaired) electrons. The van der Waals surface area contributed by atoms with E-state index in [1.807, 2.05) is 0 Å². The minimum Gasteiger partial charge on any atom is -0.394 e. The van der Waals surface area contributed by atoms with E-state index in [4.69, 9.17) is 56.8 Å². The van der Waals surface area contributed by atoms with Crippen LogP contribution in [0.1, 0.15) is 27.7 Å². The zero-order valence-corrected chi connectivity index (χ0v) is 51.5. The van der Waals surface area contributed by atoms with Crippen molar-refractivity contribution in [3.8, 4) is 0 Å². The molecule has 548 valence electrons. The maximum absolute atomic E-state index is 13.0. The Hall–Kier alpha value is -3.05. The Bertz CT molecular complexity index is 2650. The van der Waals surface area contributed by atoms with Crippen molar-refractivity contribution >= 4 is 38.5 Å². The van der Waals surface area contributed by atoms with Crippen LogP contribution in [-0.4, -0.2) is 390 Å². The normalized spacial score (nSPS) is 43.0. The molecule has 6 aliphatic heterocycles. The molecule has 46 heteroatoms. The Morgan fingerprint density at radius 2 is 0.936 bits per heavy atom. The molecule has 3 amide bonds. The van der Waals surface area contributed by atoms with Crippen molar-refractivity contribution in [1.29, 1.82) is 0 Å². The van der Waals surface area contributed by atoms with Crippen LogP contribution in [0.4, 0.5) is 0 Å². The highest BCUT2D eigenvalue weighted by Crippen LogP contribution is 2.37. The van der Waals surface area contributed by atoms with Crippen LogP contribution in [0.3, 0.4) is 0 Å². The number of ether oxygens (including phenoxy) is 12. The van der Waals surface area contributed by atoms with E-state index in [0.717, 1.165) is 20.8 Å². The van der Waals surface area contributed by atoms with Crippen LogP contribution in [-0.2, 0) is 100 Å². The molecule has 6 saturated heterocycles. The highest BCUT2D eigenvalue weighted by atomic mass is 32.3. The Labute approximate surface area is 533 Å². The van der Waals surface area contributed by atoms with Gasteiger partial charge >= 0.3 is 20.8 Å². The number of aliphatic hydroxyl groups excluding tert-OH is 18. The monoisotopic (exact) mass is 1420 g/mol. The first-order valence-corrected chi connectivity index (χ1v) is 31.4. The van der Waals surface area contributed by atoms with Gasteiger partial charge in [0.1, 0.15) is 159 Å². The van der Waals surface area contributed by atoms with Gasteiger partial charge in [-0.25, -0.2) is 8.37 Å². The third-order valence-electron chi connectivity index (χ3n) is 15.8. The largest absolute Gasteiger partial charge is 0.397 e. The van der Waals surface area contributed by atoms with Gasteiger partial charge in [-0.1, -0.05) is 0 Å². The molecule has 44 nitrogen and oxygen atoms in total. The van der Waals surface area contributed by atoms with Gasteiger partial charge in [-0.15, -0.1) is 0 Å². The third-order valence-corrected chi connectivity index (χ3v) is 16.7. The molecule has 6 rings (SSSR count). The molecule has 0 aromatic heterocycles. The maximum Gasteiger partial charge on any atom is 0.397 e. The quantitative estimate of drug-likeness (QED) is 0.0309. The van der Waals surface area contributed by atoms with Gasteiger partial charge in [-0.3, -0.25) is 23.5 Å². The van der Waals surface area contributed by atoms with Crippen LogP contribution < -0.4 is 16.0 Å². The number of hydrogen-bond donors (Lipinski definition) is 23. The number of nitrogens with one attached hydrogen (secondary N) is 3. The van der Waals surface area contributed by atoms with Gasteiger partial charge in [0.15, 0.2) is 37.7 Å². The molecule has 6 heterocycles. The first-order valence-electron chi connectivity index (χ1n) is 28.7. The standard InChI is InChI=1S/C48H83N3O41S2/c1-12-25(61)32(68)34(70)45(81-12)91-42-33(69)27(63)18(6-53)84-48(42)89-39-24(51-15(4)59)44(82-19(7-54)28(39)64)90-40-30(66)22(11-80-93(73,74)75)86-46(35(40)71)88-38-21(9-56)85-43(23(31(38)67)50-14(3)58)79-10-17(60)26(62)37(16(5-52)49-13(2)57)87-47-36(72)41(92-94(76,77)78)29(65)20(8-55)83-47/h12,16-48,52-56,60-72H,5-11H2,1-4H3,(H,49,57)(H,50,58)(H,51,59)(H,73,74,75)(H,76,77,78). The molecular weight excluding hydrogens is 1340 g/mol. The Morgan fingerprint density at radius 1 is 0.457 bits per heavy atom. The van der Waals surface area contributed by atoms with Gasteiger partial charge in [0.25, 0.3) is 0 Å². The van der Waals surface area contributed by atoms with E-state index in [0.29, 0.717) is 0 Å². The van der Waals surface area contributed by atoms with E-state index in [2.05, 4.69) is 24.3 Å². The first kappa shape index (κ1) is 79.9.